The molecule has 0 saturated heterocycles. The van der Waals surface area contributed by atoms with E-state index in [1.54, 1.807) is 0 Å². The van der Waals surface area contributed by atoms with Crippen molar-refractivity contribution in [3.8, 4) is 0 Å². The molecule has 1 saturated carbocycles. The van der Waals surface area contributed by atoms with Gasteiger partial charge in [-0.15, -0.1) is 0 Å². The van der Waals surface area contributed by atoms with E-state index >= 15 is 4.57 Å². The lowest BCUT2D eigenvalue weighted by Gasteiger charge is -2.32. The van der Waals surface area contributed by atoms with Crippen LogP contribution in [-0.2, 0) is 4.57 Å². The van der Waals surface area contributed by atoms with Gasteiger partial charge >= 0.3 is 0 Å². The predicted molar refractivity (Wildman–Crippen MR) is 130 cm³/mol. The third-order valence-electron chi connectivity index (χ3n) is 7.09. The van der Waals surface area contributed by atoms with Gasteiger partial charge in [-0.1, -0.05) is 98.1 Å². The first-order valence-electron chi connectivity index (χ1n) is 11.1. The molecule has 0 aliphatic heterocycles. The Hall–Kier alpha value is -2.63. The van der Waals surface area contributed by atoms with Crippen molar-refractivity contribution in [3.05, 3.63) is 84.9 Å². The van der Waals surface area contributed by atoms with Crippen molar-refractivity contribution < 1.29 is 4.57 Å². The second kappa shape index (κ2) is 6.96. The summed E-state index contributed by atoms with van der Waals surface area (Å²) in [4.78, 5) is 0. The number of rotatable bonds is 3. The molecule has 1 atom stereocenters. The van der Waals surface area contributed by atoms with Crippen LogP contribution in [0.1, 0.15) is 32.1 Å². The Kier molecular flexibility index (Phi) is 4.22. The first kappa shape index (κ1) is 18.2. The van der Waals surface area contributed by atoms with E-state index in [0.29, 0.717) is 0 Å². The summed E-state index contributed by atoms with van der Waals surface area (Å²) in [5.41, 5.74) is 0.243. The van der Waals surface area contributed by atoms with Crippen LogP contribution in [0.3, 0.4) is 0 Å². The van der Waals surface area contributed by atoms with Crippen LogP contribution in [0.5, 0.6) is 0 Å². The molecule has 0 radical (unpaired) electrons. The third-order valence-corrected chi connectivity index (χ3v) is 10.8. The molecule has 1 unspecified atom stereocenters. The molecular formula is C28H25OP. The second-order valence-corrected chi connectivity index (χ2v) is 11.8. The lowest BCUT2D eigenvalue weighted by Crippen LogP contribution is -2.28. The number of benzene rings is 5. The maximum Gasteiger partial charge on any atom is 0.146 e. The third kappa shape index (κ3) is 2.58. The van der Waals surface area contributed by atoms with Gasteiger partial charge in [-0.25, -0.2) is 0 Å². The Morgan fingerprint density at radius 3 is 1.97 bits per heavy atom. The molecule has 1 aliphatic carbocycles. The van der Waals surface area contributed by atoms with E-state index in [4.69, 9.17) is 0 Å². The highest BCUT2D eigenvalue weighted by molar-refractivity contribution is 7.79. The zero-order chi connectivity index (χ0) is 20.1. The molecule has 0 amide bonds. The van der Waals surface area contributed by atoms with Crippen molar-refractivity contribution >= 4 is 50.1 Å². The van der Waals surface area contributed by atoms with Crippen LogP contribution >= 0.6 is 7.14 Å². The van der Waals surface area contributed by atoms with Gasteiger partial charge in [-0.3, -0.25) is 0 Å². The van der Waals surface area contributed by atoms with Gasteiger partial charge in [0.15, 0.2) is 0 Å². The van der Waals surface area contributed by atoms with Crippen molar-refractivity contribution in [3.63, 3.8) is 0 Å². The van der Waals surface area contributed by atoms with Crippen molar-refractivity contribution in [1.82, 2.24) is 0 Å². The Balaban J connectivity index is 1.71. The van der Waals surface area contributed by atoms with Crippen LogP contribution in [-0.4, -0.2) is 5.66 Å². The van der Waals surface area contributed by atoms with E-state index in [9.17, 15) is 0 Å². The van der Waals surface area contributed by atoms with Crippen molar-refractivity contribution in [2.24, 2.45) is 0 Å². The zero-order valence-corrected chi connectivity index (χ0v) is 17.9. The quantitative estimate of drug-likeness (QED) is 0.227. The summed E-state index contributed by atoms with van der Waals surface area (Å²) in [5.74, 6) is 0. The van der Waals surface area contributed by atoms with Crippen LogP contribution in [0.2, 0.25) is 0 Å². The van der Waals surface area contributed by atoms with Gasteiger partial charge in [0.2, 0.25) is 0 Å². The van der Waals surface area contributed by atoms with Crippen LogP contribution < -0.4 is 10.6 Å². The number of hydrogen-bond donors (Lipinski definition) is 0. The molecule has 5 aromatic rings. The minimum absolute atomic E-state index is 0.243. The molecule has 1 fully saturated rings. The minimum Gasteiger partial charge on any atom is -0.313 e. The SMILES string of the molecule is O=P(c1ccccc1)(c1ccc2ccc3cccc4ccc1c2c34)C1CCCCC1. The predicted octanol–water partition coefficient (Wildman–Crippen LogP) is 7.23. The molecule has 0 heterocycles. The van der Waals surface area contributed by atoms with E-state index in [1.807, 2.05) is 18.2 Å². The Morgan fingerprint density at radius 2 is 1.23 bits per heavy atom. The van der Waals surface area contributed by atoms with Crippen molar-refractivity contribution in [1.29, 1.82) is 0 Å². The average molecular weight is 408 g/mol. The van der Waals surface area contributed by atoms with Gasteiger partial charge < -0.3 is 4.57 Å². The molecule has 2 heteroatoms. The first-order valence-corrected chi connectivity index (χ1v) is 12.9. The van der Waals surface area contributed by atoms with Gasteiger partial charge in [-0.2, -0.15) is 0 Å². The molecule has 0 N–H and O–H groups in total. The van der Waals surface area contributed by atoms with E-state index in [0.717, 1.165) is 23.5 Å². The fourth-order valence-electron chi connectivity index (χ4n) is 5.65. The smallest absolute Gasteiger partial charge is 0.146 e. The molecule has 0 spiro atoms. The monoisotopic (exact) mass is 408 g/mol. The van der Waals surface area contributed by atoms with Crippen LogP contribution in [0.4, 0.5) is 0 Å². The molecule has 1 nitrogen and oxygen atoms in total. The topological polar surface area (TPSA) is 17.1 Å². The molecule has 0 bridgehead atoms. The van der Waals surface area contributed by atoms with Gasteiger partial charge in [0.1, 0.15) is 7.14 Å². The summed E-state index contributed by atoms with van der Waals surface area (Å²) in [6.45, 7) is 0. The van der Waals surface area contributed by atoms with Crippen LogP contribution in [0.15, 0.2) is 84.9 Å². The van der Waals surface area contributed by atoms with Gasteiger partial charge in [0.05, 0.1) is 0 Å². The zero-order valence-electron chi connectivity index (χ0n) is 17.1. The second-order valence-electron chi connectivity index (χ2n) is 8.73. The summed E-state index contributed by atoms with van der Waals surface area (Å²) in [6.07, 6.45) is 5.77. The average Bonchev–Trinajstić information content (AvgIpc) is 2.83. The molecule has 148 valence electrons. The van der Waals surface area contributed by atoms with Crippen LogP contribution in [0.25, 0.3) is 32.3 Å². The van der Waals surface area contributed by atoms with Gasteiger partial charge in [0.25, 0.3) is 0 Å². The highest BCUT2D eigenvalue weighted by Gasteiger charge is 2.38. The standard InChI is InChI=1S/C28H25OP/c29-30(23-10-3-1-4-11-23,24-12-5-2-6-13-24)26-19-17-22-15-14-20-8-7-9-21-16-18-25(26)28(22)27(20)21/h1,3-4,7-11,14-19,24H,2,5-6,12-13H2. The molecule has 30 heavy (non-hydrogen) atoms. The summed E-state index contributed by atoms with van der Waals surface area (Å²) in [5, 5.41) is 9.59. The fraction of sp³-hybridized carbons (Fsp3) is 0.214. The summed E-state index contributed by atoms with van der Waals surface area (Å²) < 4.78 is 15.1. The summed E-state index contributed by atoms with van der Waals surface area (Å²) >= 11 is 0. The normalized spacial score (nSPS) is 17.6. The fourth-order valence-corrected chi connectivity index (χ4v) is 9.29. The number of hydrogen-bond acceptors (Lipinski definition) is 1. The molecule has 1 aliphatic rings. The van der Waals surface area contributed by atoms with Crippen LogP contribution in [0, 0.1) is 0 Å². The minimum atomic E-state index is -2.76. The largest absolute Gasteiger partial charge is 0.313 e. The summed E-state index contributed by atoms with van der Waals surface area (Å²) in [7, 11) is -2.76. The molecule has 6 rings (SSSR count). The van der Waals surface area contributed by atoms with Gasteiger partial charge in [0, 0.05) is 16.3 Å². The maximum absolute atomic E-state index is 15.1. The highest BCUT2D eigenvalue weighted by atomic mass is 31.2. The highest BCUT2D eigenvalue weighted by Crippen LogP contribution is 2.55. The Labute approximate surface area is 177 Å². The molecule has 5 aromatic carbocycles. The summed E-state index contributed by atoms with van der Waals surface area (Å²) in [6, 6.07) is 30.0. The van der Waals surface area contributed by atoms with E-state index < -0.39 is 7.14 Å². The maximum atomic E-state index is 15.1. The lowest BCUT2D eigenvalue weighted by molar-refractivity contribution is 0.490. The van der Waals surface area contributed by atoms with Crippen molar-refractivity contribution in [2.75, 3.05) is 0 Å². The molecular weight excluding hydrogens is 383 g/mol. The first-order chi connectivity index (χ1) is 14.8. The van der Waals surface area contributed by atoms with Gasteiger partial charge in [-0.05, 0) is 51.2 Å². The van der Waals surface area contributed by atoms with E-state index in [-0.39, 0.29) is 5.66 Å². The lowest BCUT2D eigenvalue weighted by atomic mass is 9.94. The van der Waals surface area contributed by atoms with E-state index in [1.165, 1.54) is 51.6 Å². The Morgan fingerprint density at radius 1 is 0.600 bits per heavy atom. The Bertz CT molecular complexity index is 1380. The van der Waals surface area contributed by atoms with E-state index in [2.05, 4.69) is 66.7 Å². The van der Waals surface area contributed by atoms with Crippen molar-refractivity contribution in [2.45, 2.75) is 37.8 Å². The molecule has 0 aromatic heterocycles.